The van der Waals surface area contributed by atoms with E-state index in [4.69, 9.17) is 9.47 Å². The molecule has 0 N–H and O–H groups in total. The van der Waals surface area contributed by atoms with Crippen molar-refractivity contribution in [2.24, 2.45) is 5.92 Å². The van der Waals surface area contributed by atoms with Crippen LogP contribution in [-0.2, 0) is 9.47 Å². The molecule has 1 rings (SSSR count). The van der Waals surface area contributed by atoms with Crippen LogP contribution in [0.5, 0.6) is 0 Å². The van der Waals surface area contributed by atoms with Crippen LogP contribution in [0.2, 0.25) is 0 Å². The van der Waals surface area contributed by atoms with Crippen LogP contribution < -0.4 is 0 Å². The number of hydrogen-bond donors (Lipinski definition) is 0. The fourth-order valence-electron chi connectivity index (χ4n) is 1.82. The van der Waals surface area contributed by atoms with Gasteiger partial charge in [0, 0.05) is 6.61 Å². The summed E-state index contributed by atoms with van der Waals surface area (Å²) in [7, 11) is 0. The van der Waals surface area contributed by atoms with E-state index in [2.05, 4.69) is 6.92 Å². The van der Waals surface area contributed by atoms with Gasteiger partial charge in [-0.1, -0.05) is 19.8 Å². The van der Waals surface area contributed by atoms with Crippen LogP contribution in [0.4, 0.5) is 0 Å². The molecule has 0 aromatic carbocycles. The van der Waals surface area contributed by atoms with Gasteiger partial charge in [-0.2, -0.15) is 0 Å². The van der Waals surface area contributed by atoms with Crippen LogP contribution >= 0.6 is 0 Å². The molecular formula is C11H22O2. The van der Waals surface area contributed by atoms with Gasteiger partial charge in [-0.3, -0.25) is 0 Å². The number of rotatable bonds is 5. The Labute approximate surface area is 81.6 Å². The predicted octanol–water partition coefficient (Wildman–Crippen LogP) is 2.97. The van der Waals surface area contributed by atoms with Crippen LogP contribution in [0.3, 0.4) is 0 Å². The van der Waals surface area contributed by atoms with Gasteiger partial charge in [0.2, 0.25) is 0 Å². The van der Waals surface area contributed by atoms with Crippen molar-refractivity contribution in [1.29, 1.82) is 0 Å². The zero-order chi connectivity index (χ0) is 9.52. The van der Waals surface area contributed by atoms with Crippen molar-refractivity contribution in [2.75, 3.05) is 13.2 Å². The Hall–Kier alpha value is -0.0800. The summed E-state index contributed by atoms with van der Waals surface area (Å²) in [4.78, 5) is 0. The Morgan fingerprint density at radius 1 is 1.31 bits per heavy atom. The minimum absolute atomic E-state index is 0.0860. The topological polar surface area (TPSA) is 18.5 Å². The Morgan fingerprint density at radius 3 is 2.69 bits per heavy atom. The quantitative estimate of drug-likeness (QED) is 0.657. The number of ether oxygens (including phenoxy) is 2. The van der Waals surface area contributed by atoms with Gasteiger partial charge < -0.3 is 9.47 Å². The Balaban J connectivity index is 2.08. The van der Waals surface area contributed by atoms with Crippen LogP contribution in [0.1, 0.15) is 46.0 Å². The van der Waals surface area contributed by atoms with Gasteiger partial charge in [-0.25, -0.2) is 0 Å². The molecule has 2 atom stereocenters. The van der Waals surface area contributed by atoms with E-state index in [0.29, 0.717) is 0 Å². The van der Waals surface area contributed by atoms with Crippen LogP contribution in [0.15, 0.2) is 0 Å². The van der Waals surface area contributed by atoms with Crippen LogP contribution in [0, 0.1) is 5.92 Å². The molecule has 0 amide bonds. The van der Waals surface area contributed by atoms with Crippen molar-refractivity contribution in [1.82, 2.24) is 0 Å². The zero-order valence-corrected chi connectivity index (χ0v) is 8.92. The summed E-state index contributed by atoms with van der Waals surface area (Å²) in [5.74, 6) is 0.789. The third kappa shape index (κ3) is 4.10. The average Bonchev–Trinajstić information content (AvgIpc) is 2.17. The first-order chi connectivity index (χ1) is 6.36. The van der Waals surface area contributed by atoms with Crippen molar-refractivity contribution >= 4 is 0 Å². The molecule has 0 aromatic heterocycles. The molecule has 0 aliphatic carbocycles. The van der Waals surface area contributed by atoms with Crippen molar-refractivity contribution in [3.05, 3.63) is 0 Å². The lowest BCUT2D eigenvalue weighted by molar-refractivity contribution is -0.173. The minimum atomic E-state index is 0.0860. The van der Waals surface area contributed by atoms with Crippen molar-refractivity contribution < 1.29 is 9.47 Å². The summed E-state index contributed by atoms with van der Waals surface area (Å²) >= 11 is 0. The average molecular weight is 186 g/mol. The van der Waals surface area contributed by atoms with Gasteiger partial charge in [-0.05, 0) is 32.1 Å². The van der Waals surface area contributed by atoms with Crippen molar-refractivity contribution in [3.63, 3.8) is 0 Å². The first-order valence-corrected chi connectivity index (χ1v) is 5.60. The van der Waals surface area contributed by atoms with E-state index < -0.39 is 0 Å². The Bertz CT molecular complexity index is 117. The van der Waals surface area contributed by atoms with E-state index in [9.17, 15) is 0 Å². The summed E-state index contributed by atoms with van der Waals surface area (Å²) < 4.78 is 11.0. The van der Waals surface area contributed by atoms with Gasteiger partial charge in [-0.15, -0.1) is 0 Å². The van der Waals surface area contributed by atoms with Gasteiger partial charge in [0.15, 0.2) is 6.29 Å². The molecule has 1 heterocycles. The molecule has 2 nitrogen and oxygen atoms in total. The zero-order valence-electron chi connectivity index (χ0n) is 8.92. The molecule has 0 radical (unpaired) electrons. The molecule has 0 spiro atoms. The molecule has 1 aliphatic heterocycles. The molecule has 2 heteroatoms. The standard InChI is InChI=1S/C11H22O2/c1-3-5-6-10-7-8-11(12-4-2)13-9-10/h10-11H,3-9H2,1-2H3. The molecular weight excluding hydrogens is 164 g/mol. The van der Waals surface area contributed by atoms with Gasteiger partial charge in [0.05, 0.1) is 6.61 Å². The number of unbranched alkanes of at least 4 members (excludes halogenated alkanes) is 1. The second kappa shape index (κ2) is 6.39. The molecule has 1 saturated heterocycles. The highest BCUT2D eigenvalue weighted by atomic mass is 16.7. The van der Waals surface area contributed by atoms with Crippen molar-refractivity contribution in [2.45, 2.75) is 52.2 Å². The molecule has 1 aliphatic rings. The molecule has 78 valence electrons. The smallest absolute Gasteiger partial charge is 0.157 e. The first-order valence-electron chi connectivity index (χ1n) is 5.60. The maximum absolute atomic E-state index is 5.61. The van der Waals surface area contributed by atoms with E-state index in [-0.39, 0.29) is 6.29 Å². The maximum Gasteiger partial charge on any atom is 0.157 e. The summed E-state index contributed by atoms with van der Waals surface area (Å²) in [6, 6.07) is 0. The normalized spacial score (nSPS) is 29.1. The summed E-state index contributed by atoms with van der Waals surface area (Å²) in [5.41, 5.74) is 0. The SMILES string of the molecule is CCCCC1CCC(OCC)OC1. The molecule has 0 bridgehead atoms. The fourth-order valence-corrected chi connectivity index (χ4v) is 1.82. The summed E-state index contributed by atoms with van der Waals surface area (Å²) in [5, 5.41) is 0. The number of hydrogen-bond acceptors (Lipinski definition) is 2. The predicted molar refractivity (Wildman–Crippen MR) is 53.6 cm³/mol. The highest BCUT2D eigenvalue weighted by Crippen LogP contribution is 2.23. The van der Waals surface area contributed by atoms with E-state index in [1.54, 1.807) is 0 Å². The van der Waals surface area contributed by atoms with Gasteiger partial charge in [0.25, 0.3) is 0 Å². The lowest BCUT2D eigenvalue weighted by Gasteiger charge is -2.28. The first kappa shape index (κ1) is 11.0. The molecule has 0 saturated carbocycles. The molecule has 1 fully saturated rings. The summed E-state index contributed by atoms with van der Waals surface area (Å²) in [6.07, 6.45) is 6.42. The molecule has 13 heavy (non-hydrogen) atoms. The van der Waals surface area contributed by atoms with Crippen LogP contribution in [-0.4, -0.2) is 19.5 Å². The highest BCUT2D eigenvalue weighted by Gasteiger charge is 2.20. The van der Waals surface area contributed by atoms with Crippen LogP contribution in [0.25, 0.3) is 0 Å². The second-order valence-corrected chi connectivity index (χ2v) is 3.80. The largest absolute Gasteiger partial charge is 0.353 e. The monoisotopic (exact) mass is 186 g/mol. The second-order valence-electron chi connectivity index (χ2n) is 3.80. The van der Waals surface area contributed by atoms with Gasteiger partial charge in [0.1, 0.15) is 0 Å². The lowest BCUT2D eigenvalue weighted by Crippen LogP contribution is -2.28. The minimum Gasteiger partial charge on any atom is -0.353 e. The third-order valence-electron chi connectivity index (χ3n) is 2.65. The third-order valence-corrected chi connectivity index (χ3v) is 2.65. The Kier molecular flexibility index (Phi) is 5.40. The van der Waals surface area contributed by atoms with Gasteiger partial charge >= 0.3 is 0 Å². The van der Waals surface area contributed by atoms with E-state index in [1.165, 1.54) is 25.7 Å². The molecule has 0 aromatic rings. The van der Waals surface area contributed by atoms with E-state index in [1.807, 2.05) is 6.92 Å². The van der Waals surface area contributed by atoms with E-state index >= 15 is 0 Å². The fraction of sp³-hybridized carbons (Fsp3) is 1.00. The maximum atomic E-state index is 5.61. The lowest BCUT2D eigenvalue weighted by atomic mass is 9.96. The van der Waals surface area contributed by atoms with Crippen molar-refractivity contribution in [3.8, 4) is 0 Å². The highest BCUT2D eigenvalue weighted by molar-refractivity contribution is 4.65. The Morgan fingerprint density at radius 2 is 2.15 bits per heavy atom. The van der Waals surface area contributed by atoms with E-state index in [0.717, 1.165) is 25.6 Å². The summed E-state index contributed by atoms with van der Waals surface area (Å²) in [6.45, 7) is 5.94. The molecule has 2 unspecified atom stereocenters.